The first-order valence-electron chi connectivity index (χ1n) is 8.01. The molecular formula is C16H18ClFN4O2. The van der Waals surface area contributed by atoms with Gasteiger partial charge in [-0.25, -0.2) is 4.39 Å². The third-order valence-corrected chi connectivity index (χ3v) is 5.33. The number of anilines is 1. The number of halogens is 2. The maximum absolute atomic E-state index is 13.5. The molecule has 3 unspecified atom stereocenters. The number of benzene rings is 1. The topological polar surface area (TPSA) is 57.2 Å². The highest BCUT2D eigenvalue weighted by atomic mass is 35.5. The van der Waals surface area contributed by atoms with Gasteiger partial charge in [0, 0.05) is 38.0 Å². The zero-order chi connectivity index (χ0) is 16.7. The number of likely N-dealkylation sites (tertiary alicyclic amines) is 1. The van der Waals surface area contributed by atoms with Crippen LogP contribution >= 0.6 is 11.6 Å². The van der Waals surface area contributed by atoms with Crippen LogP contribution < -0.4 is 10.2 Å². The van der Waals surface area contributed by atoms with Gasteiger partial charge in [-0.2, -0.15) is 0 Å². The highest BCUT2D eigenvalue weighted by Gasteiger charge is 2.42. The smallest absolute Gasteiger partial charge is 0.209 e. The number of rotatable bonds is 3. The van der Waals surface area contributed by atoms with E-state index in [1.54, 1.807) is 6.07 Å². The molecule has 3 aliphatic heterocycles. The molecule has 128 valence electrons. The van der Waals surface area contributed by atoms with Crippen molar-refractivity contribution in [1.82, 2.24) is 10.2 Å². The molecule has 2 fully saturated rings. The van der Waals surface area contributed by atoms with Gasteiger partial charge in [-0.1, -0.05) is 16.8 Å². The van der Waals surface area contributed by atoms with Crippen LogP contribution in [0.25, 0.3) is 0 Å². The summed E-state index contributed by atoms with van der Waals surface area (Å²) in [5, 5.41) is 7.26. The molecule has 3 heterocycles. The van der Waals surface area contributed by atoms with Crippen LogP contribution in [-0.2, 0) is 9.63 Å². The minimum absolute atomic E-state index is 0.265. The maximum Gasteiger partial charge on any atom is 0.209 e. The van der Waals surface area contributed by atoms with E-state index in [4.69, 9.17) is 16.4 Å². The number of carbonyl (C=O) groups is 1. The zero-order valence-electron chi connectivity index (χ0n) is 13.0. The van der Waals surface area contributed by atoms with Gasteiger partial charge < -0.3 is 20.0 Å². The van der Waals surface area contributed by atoms with Crippen molar-refractivity contribution in [2.24, 2.45) is 17.0 Å². The van der Waals surface area contributed by atoms with Crippen LogP contribution in [0.4, 0.5) is 10.1 Å². The Balaban J connectivity index is 1.39. The molecule has 2 saturated heterocycles. The van der Waals surface area contributed by atoms with Gasteiger partial charge in [-0.3, -0.25) is 4.79 Å². The van der Waals surface area contributed by atoms with Crippen molar-refractivity contribution in [2.45, 2.75) is 12.6 Å². The van der Waals surface area contributed by atoms with Gasteiger partial charge in [0.1, 0.15) is 11.7 Å². The quantitative estimate of drug-likeness (QED) is 0.840. The summed E-state index contributed by atoms with van der Waals surface area (Å²) in [6, 6.07) is 4.50. The lowest BCUT2D eigenvalue weighted by molar-refractivity contribution is -0.112. The molecule has 0 bridgehead atoms. The van der Waals surface area contributed by atoms with Gasteiger partial charge in [0.25, 0.3) is 0 Å². The van der Waals surface area contributed by atoms with Crippen LogP contribution in [0.3, 0.4) is 0 Å². The maximum atomic E-state index is 13.5. The number of hydrogen-bond acceptors (Lipinski definition) is 5. The molecule has 3 atom stereocenters. The molecule has 0 aromatic heterocycles. The molecule has 1 aromatic carbocycles. The summed E-state index contributed by atoms with van der Waals surface area (Å²) < 4.78 is 13.5. The van der Waals surface area contributed by atoms with E-state index in [1.165, 1.54) is 12.1 Å². The summed E-state index contributed by atoms with van der Waals surface area (Å²) in [4.78, 5) is 20.1. The Labute approximate surface area is 144 Å². The summed E-state index contributed by atoms with van der Waals surface area (Å²) in [6.07, 6.45) is 0.862. The van der Waals surface area contributed by atoms with E-state index in [-0.39, 0.29) is 12.0 Å². The normalized spacial score (nSPS) is 28.6. The lowest BCUT2D eigenvalue weighted by atomic mass is 10.0. The summed E-state index contributed by atoms with van der Waals surface area (Å²) in [6.45, 7) is 3.50. The van der Waals surface area contributed by atoms with Crippen LogP contribution in [0, 0.1) is 17.7 Å². The second kappa shape index (κ2) is 6.12. The van der Waals surface area contributed by atoms with Gasteiger partial charge in [0.05, 0.1) is 17.1 Å². The number of fused-ring (bicyclic) bond motifs is 1. The number of hydrogen-bond donors (Lipinski definition) is 1. The predicted octanol–water partition coefficient (Wildman–Crippen LogP) is 1.65. The van der Waals surface area contributed by atoms with E-state index in [0.717, 1.165) is 37.7 Å². The van der Waals surface area contributed by atoms with Crippen molar-refractivity contribution < 1.29 is 14.0 Å². The van der Waals surface area contributed by atoms with E-state index in [0.29, 0.717) is 29.7 Å². The van der Waals surface area contributed by atoms with Crippen LogP contribution in [0.2, 0.25) is 5.02 Å². The predicted molar refractivity (Wildman–Crippen MR) is 88.3 cm³/mol. The average molecular weight is 353 g/mol. The van der Waals surface area contributed by atoms with Crippen LogP contribution in [-0.4, -0.2) is 49.6 Å². The Kier molecular flexibility index (Phi) is 3.96. The first-order chi connectivity index (χ1) is 11.6. The number of carbonyl (C=O) groups excluding carboxylic acids is 1. The number of nitrogens with zero attached hydrogens (tertiary/aromatic N) is 3. The second-order valence-corrected chi connectivity index (χ2v) is 6.92. The van der Waals surface area contributed by atoms with Crippen LogP contribution in [0.15, 0.2) is 23.4 Å². The molecule has 4 rings (SSSR count). The van der Waals surface area contributed by atoms with E-state index in [1.807, 2.05) is 0 Å². The van der Waals surface area contributed by atoms with E-state index >= 15 is 0 Å². The van der Waals surface area contributed by atoms with Crippen LogP contribution in [0.5, 0.6) is 0 Å². The summed E-state index contributed by atoms with van der Waals surface area (Å²) in [5.74, 6) is 1.61. The third-order valence-electron chi connectivity index (χ3n) is 5.01. The fraction of sp³-hybridized carbons (Fsp3) is 0.500. The summed E-state index contributed by atoms with van der Waals surface area (Å²) in [7, 11) is 0. The molecular weight excluding hydrogens is 335 g/mol. The highest BCUT2D eigenvalue weighted by molar-refractivity contribution is 6.33. The fourth-order valence-corrected chi connectivity index (χ4v) is 4.08. The lowest BCUT2D eigenvalue weighted by Crippen LogP contribution is -2.35. The van der Waals surface area contributed by atoms with Crippen molar-refractivity contribution in [3.05, 3.63) is 29.0 Å². The molecule has 3 aliphatic rings. The van der Waals surface area contributed by atoms with Crippen molar-refractivity contribution in [3.63, 3.8) is 0 Å². The SMILES string of the molecule is O=CNC1CC(N2CC3CN(c4cc(F)ccc4Cl)CC3C2)=NO1. The minimum Gasteiger partial charge on any atom is -0.370 e. The third kappa shape index (κ3) is 2.77. The number of nitrogens with one attached hydrogen (secondary N) is 1. The molecule has 0 spiro atoms. The summed E-state index contributed by atoms with van der Waals surface area (Å²) in [5.41, 5.74) is 0.773. The van der Waals surface area contributed by atoms with Gasteiger partial charge in [-0.15, -0.1) is 0 Å². The Morgan fingerprint density at radius 2 is 1.96 bits per heavy atom. The van der Waals surface area contributed by atoms with E-state index < -0.39 is 0 Å². The van der Waals surface area contributed by atoms with E-state index in [9.17, 15) is 9.18 Å². The van der Waals surface area contributed by atoms with Crippen molar-refractivity contribution in [3.8, 4) is 0 Å². The van der Waals surface area contributed by atoms with Crippen molar-refractivity contribution >= 4 is 29.5 Å². The summed E-state index contributed by atoms with van der Waals surface area (Å²) >= 11 is 6.22. The van der Waals surface area contributed by atoms with Gasteiger partial charge in [0.15, 0.2) is 0 Å². The number of oxime groups is 1. The van der Waals surface area contributed by atoms with Gasteiger partial charge >= 0.3 is 0 Å². The minimum atomic E-state index is -0.361. The molecule has 0 saturated carbocycles. The molecule has 0 radical (unpaired) electrons. The molecule has 8 heteroatoms. The van der Waals surface area contributed by atoms with Crippen molar-refractivity contribution in [1.29, 1.82) is 0 Å². The molecule has 1 amide bonds. The second-order valence-electron chi connectivity index (χ2n) is 6.52. The molecule has 1 aromatic rings. The van der Waals surface area contributed by atoms with Crippen molar-refractivity contribution in [2.75, 3.05) is 31.1 Å². The van der Waals surface area contributed by atoms with E-state index in [2.05, 4.69) is 20.3 Å². The number of amides is 1. The Morgan fingerprint density at radius 1 is 1.25 bits per heavy atom. The molecule has 0 aliphatic carbocycles. The molecule has 1 N–H and O–H groups in total. The van der Waals surface area contributed by atoms with Crippen LogP contribution in [0.1, 0.15) is 6.42 Å². The van der Waals surface area contributed by atoms with Gasteiger partial charge in [-0.05, 0) is 18.2 Å². The Hall–Kier alpha value is -2.02. The highest BCUT2D eigenvalue weighted by Crippen LogP contribution is 2.37. The largest absolute Gasteiger partial charge is 0.370 e. The first-order valence-corrected chi connectivity index (χ1v) is 8.39. The Morgan fingerprint density at radius 3 is 2.67 bits per heavy atom. The monoisotopic (exact) mass is 352 g/mol. The van der Waals surface area contributed by atoms with Gasteiger partial charge in [0.2, 0.25) is 12.6 Å². The first kappa shape index (κ1) is 15.5. The Bertz CT molecular complexity index is 672. The average Bonchev–Trinajstić information content (AvgIpc) is 3.23. The molecule has 24 heavy (non-hydrogen) atoms. The number of amidine groups is 1. The standard InChI is InChI=1S/C16H18ClFN4O2/c17-13-2-1-12(18)3-14(13)21-5-10-7-22(8-11(10)6-21)15-4-16(19-9-23)24-20-15/h1-3,9-11,16H,4-8H2,(H,19,23). The zero-order valence-corrected chi connectivity index (χ0v) is 13.7. The fourth-order valence-electron chi connectivity index (χ4n) is 3.85. The lowest BCUT2D eigenvalue weighted by Gasteiger charge is -2.24. The molecule has 6 nitrogen and oxygen atoms in total.